The molecule has 0 unspecified atom stereocenters. The number of carbonyl (C=O) groups excluding carboxylic acids is 1. The number of hydrogen-bond acceptors (Lipinski definition) is 4. The molecule has 21 heavy (non-hydrogen) atoms. The summed E-state index contributed by atoms with van der Waals surface area (Å²) in [5.74, 6) is 1.60. The van der Waals surface area contributed by atoms with Crippen molar-refractivity contribution in [1.29, 1.82) is 0 Å². The van der Waals surface area contributed by atoms with Crippen LogP contribution < -0.4 is 10.5 Å². The summed E-state index contributed by atoms with van der Waals surface area (Å²) in [6, 6.07) is 6.99. The van der Waals surface area contributed by atoms with Gasteiger partial charge < -0.3 is 15.4 Å². The number of benzene rings is 1. The molecular weight excluding hydrogens is 308 g/mol. The number of thioether (sulfide) groups is 1. The van der Waals surface area contributed by atoms with Crippen LogP contribution in [0.1, 0.15) is 12.8 Å². The molecule has 1 aliphatic rings. The average molecular weight is 329 g/mol. The molecule has 2 atom stereocenters. The van der Waals surface area contributed by atoms with Gasteiger partial charge in [-0.15, -0.1) is 0 Å². The van der Waals surface area contributed by atoms with Crippen LogP contribution in [-0.4, -0.2) is 48.1 Å². The minimum Gasteiger partial charge on any atom is -0.487 e. The van der Waals surface area contributed by atoms with Crippen LogP contribution >= 0.6 is 23.4 Å². The number of carbonyl (C=O) groups is 1. The Balaban J connectivity index is 1.86. The van der Waals surface area contributed by atoms with E-state index in [2.05, 4.69) is 0 Å². The predicted octanol–water partition coefficient (Wildman–Crippen LogP) is 2.40. The van der Waals surface area contributed by atoms with Crippen LogP contribution in [0, 0.1) is 0 Å². The molecule has 0 saturated carbocycles. The van der Waals surface area contributed by atoms with Crippen molar-refractivity contribution in [2.24, 2.45) is 5.73 Å². The molecule has 0 spiro atoms. The van der Waals surface area contributed by atoms with Crippen LogP contribution in [0.25, 0.3) is 0 Å². The smallest absolute Gasteiger partial charge is 0.239 e. The molecule has 0 bridgehead atoms. The Morgan fingerprint density at radius 2 is 2.33 bits per heavy atom. The first-order valence-corrected chi connectivity index (χ1v) is 8.83. The molecule has 1 saturated heterocycles. The summed E-state index contributed by atoms with van der Waals surface area (Å²) in [7, 11) is 0. The molecule has 1 fully saturated rings. The number of amides is 1. The number of nitrogens with zero attached hydrogens (tertiary/aromatic N) is 1. The second kappa shape index (κ2) is 7.92. The first-order valence-electron chi connectivity index (χ1n) is 7.06. The third-order valence-corrected chi connectivity index (χ3v) is 4.49. The van der Waals surface area contributed by atoms with E-state index in [0.717, 1.165) is 12.2 Å². The number of para-hydroxylation sites is 1. The van der Waals surface area contributed by atoms with Crippen LogP contribution in [0.3, 0.4) is 0 Å². The van der Waals surface area contributed by atoms with Gasteiger partial charge in [0.05, 0.1) is 17.6 Å². The van der Waals surface area contributed by atoms with Gasteiger partial charge in [-0.05, 0) is 30.6 Å². The van der Waals surface area contributed by atoms with Crippen molar-refractivity contribution in [3.63, 3.8) is 0 Å². The van der Waals surface area contributed by atoms with Gasteiger partial charge in [0.25, 0.3) is 0 Å². The first-order chi connectivity index (χ1) is 10.1. The molecule has 4 nitrogen and oxygen atoms in total. The molecule has 0 aromatic heterocycles. The van der Waals surface area contributed by atoms with Crippen LogP contribution in [0.2, 0.25) is 5.02 Å². The van der Waals surface area contributed by atoms with Gasteiger partial charge in [0, 0.05) is 13.0 Å². The van der Waals surface area contributed by atoms with Crippen LogP contribution in [0.5, 0.6) is 5.75 Å². The maximum absolute atomic E-state index is 12.2. The van der Waals surface area contributed by atoms with E-state index in [0.29, 0.717) is 30.3 Å². The summed E-state index contributed by atoms with van der Waals surface area (Å²) in [6.07, 6.45) is 3.53. The van der Waals surface area contributed by atoms with E-state index in [1.807, 2.05) is 24.5 Å². The maximum Gasteiger partial charge on any atom is 0.239 e. The second-order valence-electron chi connectivity index (χ2n) is 5.13. The van der Waals surface area contributed by atoms with Gasteiger partial charge in [-0.2, -0.15) is 11.8 Å². The molecule has 2 N–H and O–H groups in total. The number of ether oxygens (including phenoxy) is 1. The Kier molecular flexibility index (Phi) is 6.21. The van der Waals surface area contributed by atoms with E-state index in [1.54, 1.807) is 22.7 Å². The zero-order valence-corrected chi connectivity index (χ0v) is 13.7. The third-order valence-electron chi connectivity index (χ3n) is 3.54. The van der Waals surface area contributed by atoms with E-state index < -0.39 is 6.04 Å². The van der Waals surface area contributed by atoms with Gasteiger partial charge in [0.15, 0.2) is 0 Å². The molecule has 0 radical (unpaired) electrons. The average Bonchev–Trinajstić information content (AvgIpc) is 2.95. The fourth-order valence-electron chi connectivity index (χ4n) is 2.35. The van der Waals surface area contributed by atoms with Crippen molar-refractivity contribution >= 4 is 29.3 Å². The van der Waals surface area contributed by atoms with Crippen molar-refractivity contribution in [2.45, 2.75) is 25.0 Å². The minimum absolute atomic E-state index is 0.0124. The lowest BCUT2D eigenvalue weighted by molar-refractivity contribution is -0.131. The van der Waals surface area contributed by atoms with Gasteiger partial charge in [-0.1, -0.05) is 23.7 Å². The predicted molar refractivity (Wildman–Crippen MR) is 88.0 cm³/mol. The Morgan fingerprint density at radius 1 is 1.57 bits per heavy atom. The highest BCUT2D eigenvalue weighted by atomic mass is 35.5. The van der Waals surface area contributed by atoms with Gasteiger partial charge >= 0.3 is 0 Å². The molecule has 1 heterocycles. The molecule has 2 rings (SSSR count). The lowest BCUT2D eigenvalue weighted by Gasteiger charge is -2.21. The van der Waals surface area contributed by atoms with Crippen molar-refractivity contribution in [1.82, 2.24) is 4.90 Å². The molecule has 1 aromatic rings. The van der Waals surface area contributed by atoms with Crippen LogP contribution in [0.4, 0.5) is 0 Å². The Hall–Kier alpha value is -0.910. The summed E-state index contributed by atoms with van der Waals surface area (Å²) in [5.41, 5.74) is 5.94. The van der Waals surface area contributed by atoms with E-state index in [1.165, 1.54) is 0 Å². The molecule has 0 aliphatic carbocycles. The number of halogens is 1. The van der Waals surface area contributed by atoms with E-state index in [-0.39, 0.29) is 12.0 Å². The topological polar surface area (TPSA) is 55.6 Å². The summed E-state index contributed by atoms with van der Waals surface area (Å²) >= 11 is 7.79. The summed E-state index contributed by atoms with van der Waals surface area (Å²) in [5, 5.41) is 0.596. The van der Waals surface area contributed by atoms with Crippen molar-refractivity contribution in [3.05, 3.63) is 29.3 Å². The highest BCUT2D eigenvalue weighted by Crippen LogP contribution is 2.26. The minimum atomic E-state index is -0.406. The molecular formula is C15H21ClN2O2S. The SMILES string of the molecule is CSCC[C@H](N)C(=O)N1CC[C@@H](Oc2ccccc2Cl)C1. The lowest BCUT2D eigenvalue weighted by atomic mass is 10.2. The van der Waals surface area contributed by atoms with E-state index in [9.17, 15) is 4.79 Å². The number of hydrogen-bond donors (Lipinski definition) is 1. The number of nitrogens with two attached hydrogens (primary N) is 1. The molecule has 1 amide bonds. The highest BCUT2D eigenvalue weighted by molar-refractivity contribution is 7.98. The lowest BCUT2D eigenvalue weighted by Crippen LogP contribution is -2.43. The van der Waals surface area contributed by atoms with Gasteiger partial charge in [0.2, 0.25) is 5.91 Å². The van der Waals surface area contributed by atoms with Crippen molar-refractivity contribution in [2.75, 3.05) is 25.1 Å². The third kappa shape index (κ3) is 4.53. The molecule has 116 valence electrons. The van der Waals surface area contributed by atoms with Gasteiger partial charge in [0.1, 0.15) is 11.9 Å². The molecule has 6 heteroatoms. The molecule has 1 aliphatic heterocycles. The highest BCUT2D eigenvalue weighted by Gasteiger charge is 2.30. The molecule has 1 aromatic carbocycles. The van der Waals surface area contributed by atoms with E-state index >= 15 is 0 Å². The maximum atomic E-state index is 12.2. The second-order valence-corrected chi connectivity index (χ2v) is 6.52. The fraction of sp³-hybridized carbons (Fsp3) is 0.533. The quantitative estimate of drug-likeness (QED) is 0.871. The standard InChI is InChI=1S/C15H21ClN2O2S/c1-21-9-7-13(17)15(19)18-8-6-11(10-18)20-14-5-3-2-4-12(14)16/h2-5,11,13H,6-10,17H2,1H3/t11-,13+/m1/s1. The Labute approximate surface area is 135 Å². The van der Waals surface area contributed by atoms with E-state index in [4.69, 9.17) is 22.1 Å². The summed E-state index contributed by atoms with van der Waals surface area (Å²) in [6.45, 7) is 1.28. The Morgan fingerprint density at radius 3 is 3.05 bits per heavy atom. The normalized spacial score (nSPS) is 19.6. The first kappa shape index (κ1) is 16.5. The van der Waals surface area contributed by atoms with Crippen molar-refractivity contribution in [3.8, 4) is 5.75 Å². The Bertz CT molecular complexity index is 486. The monoisotopic (exact) mass is 328 g/mol. The summed E-state index contributed by atoms with van der Waals surface area (Å²) in [4.78, 5) is 14.0. The summed E-state index contributed by atoms with van der Waals surface area (Å²) < 4.78 is 5.88. The zero-order valence-electron chi connectivity index (χ0n) is 12.1. The zero-order chi connectivity index (χ0) is 15.2. The fourth-order valence-corrected chi connectivity index (χ4v) is 3.02. The largest absolute Gasteiger partial charge is 0.487 e. The van der Waals surface area contributed by atoms with Crippen LogP contribution in [0.15, 0.2) is 24.3 Å². The van der Waals surface area contributed by atoms with Gasteiger partial charge in [-0.25, -0.2) is 0 Å². The van der Waals surface area contributed by atoms with Crippen LogP contribution in [-0.2, 0) is 4.79 Å². The number of rotatable bonds is 6. The van der Waals surface area contributed by atoms with Gasteiger partial charge in [-0.3, -0.25) is 4.79 Å². The number of likely N-dealkylation sites (tertiary alicyclic amines) is 1. The van der Waals surface area contributed by atoms with Crippen molar-refractivity contribution < 1.29 is 9.53 Å².